The summed E-state index contributed by atoms with van der Waals surface area (Å²) >= 11 is 0. The molecule has 1 aromatic carbocycles. The third-order valence-corrected chi connectivity index (χ3v) is 7.52. The number of hydrogen-bond donors (Lipinski definition) is 2. The molecule has 1 atom stereocenters. The minimum atomic E-state index is -0.892. The van der Waals surface area contributed by atoms with Crippen LogP contribution in [0.4, 0.5) is 9.18 Å². The Labute approximate surface area is 251 Å². The number of Topliss-reactive ketones (excluding diaryl/α,β-unsaturated/α-hetero) is 1. The zero-order chi connectivity index (χ0) is 31.1. The number of ether oxygens (including phenoxy) is 1. The maximum absolute atomic E-state index is 14.4. The molecule has 0 unspecified atom stereocenters. The van der Waals surface area contributed by atoms with E-state index in [1.807, 2.05) is 6.07 Å². The fourth-order valence-corrected chi connectivity index (χ4v) is 5.48. The number of aromatic amines is 1. The van der Waals surface area contributed by atoms with E-state index in [4.69, 9.17) is 4.74 Å². The van der Waals surface area contributed by atoms with E-state index in [0.29, 0.717) is 18.4 Å². The second kappa shape index (κ2) is 13.8. The van der Waals surface area contributed by atoms with Crippen LogP contribution in [0.25, 0.3) is 10.9 Å². The average molecular weight is 593 g/mol. The molecule has 4 rings (SSSR count). The van der Waals surface area contributed by atoms with E-state index in [1.165, 1.54) is 23.8 Å². The predicted molar refractivity (Wildman–Crippen MR) is 163 cm³/mol. The third-order valence-electron chi connectivity index (χ3n) is 7.52. The van der Waals surface area contributed by atoms with Crippen molar-refractivity contribution >= 4 is 28.7 Å². The van der Waals surface area contributed by atoms with Crippen LogP contribution >= 0.6 is 0 Å². The van der Waals surface area contributed by atoms with Crippen molar-refractivity contribution in [2.24, 2.45) is 5.41 Å². The van der Waals surface area contributed by atoms with E-state index in [0.717, 1.165) is 48.1 Å². The average Bonchev–Trinajstić information content (AvgIpc) is 3.62. The number of amides is 2. The highest BCUT2D eigenvalue weighted by molar-refractivity contribution is 5.89. The molecule has 3 aromatic rings. The van der Waals surface area contributed by atoms with Crippen LogP contribution < -0.4 is 10.9 Å². The van der Waals surface area contributed by atoms with Crippen molar-refractivity contribution in [2.45, 2.75) is 71.9 Å². The van der Waals surface area contributed by atoms with Gasteiger partial charge in [-0.3, -0.25) is 14.4 Å². The first-order valence-corrected chi connectivity index (χ1v) is 14.7. The smallest absolute Gasteiger partial charge is 0.407 e. The zero-order valence-corrected chi connectivity index (χ0v) is 25.4. The number of carbonyl (C=O) groups is 3. The van der Waals surface area contributed by atoms with Crippen LogP contribution in [-0.4, -0.2) is 58.5 Å². The molecule has 2 amide bonds. The molecular weight excluding hydrogens is 551 g/mol. The van der Waals surface area contributed by atoms with Crippen LogP contribution in [0.5, 0.6) is 0 Å². The Morgan fingerprint density at radius 2 is 1.88 bits per heavy atom. The Balaban J connectivity index is 1.47. The second-order valence-corrected chi connectivity index (χ2v) is 12.4. The lowest BCUT2D eigenvalue weighted by atomic mass is 9.87. The van der Waals surface area contributed by atoms with Gasteiger partial charge in [-0.2, -0.15) is 0 Å². The SMILES string of the molecule is COC(=O)N[C@@H](CC/C=C/C(=O)N1CCCC1)C(=O)Cc1cccn(Cc2cc3cc(F)cc(CC(C)(C)C)c3[nH]2)c1=O. The maximum atomic E-state index is 14.4. The summed E-state index contributed by atoms with van der Waals surface area (Å²) in [5, 5.41) is 3.30. The fraction of sp³-hybridized carbons (Fsp3) is 0.455. The molecule has 2 N–H and O–H groups in total. The Kier molecular flexibility index (Phi) is 10.2. The van der Waals surface area contributed by atoms with Crippen molar-refractivity contribution in [2.75, 3.05) is 20.2 Å². The number of benzene rings is 1. The zero-order valence-electron chi connectivity index (χ0n) is 25.4. The van der Waals surface area contributed by atoms with Gasteiger partial charge in [0.05, 0.1) is 19.7 Å². The molecule has 43 heavy (non-hydrogen) atoms. The van der Waals surface area contributed by atoms with Gasteiger partial charge in [-0.15, -0.1) is 0 Å². The molecule has 0 saturated carbocycles. The molecule has 9 nitrogen and oxygen atoms in total. The quantitative estimate of drug-likeness (QED) is 0.308. The number of nitrogens with one attached hydrogen (secondary N) is 2. The topological polar surface area (TPSA) is 114 Å². The summed E-state index contributed by atoms with van der Waals surface area (Å²) in [4.78, 5) is 56.0. The van der Waals surface area contributed by atoms with Gasteiger partial charge in [-0.1, -0.05) is 32.9 Å². The Morgan fingerprint density at radius 1 is 1.14 bits per heavy atom. The molecule has 0 aliphatic carbocycles. The van der Waals surface area contributed by atoms with Gasteiger partial charge in [-0.05, 0) is 73.4 Å². The van der Waals surface area contributed by atoms with Crippen LogP contribution in [0, 0.1) is 11.2 Å². The Bertz CT molecular complexity index is 1560. The van der Waals surface area contributed by atoms with Gasteiger partial charge in [0, 0.05) is 47.9 Å². The molecule has 2 aromatic heterocycles. The molecule has 1 aliphatic rings. The highest BCUT2D eigenvalue weighted by Crippen LogP contribution is 2.28. The summed E-state index contributed by atoms with van der Waals surface area (Å²) in [6, 6.07) is 7.27. The first-order chi connectivity index (χ1) is 20.4. The molecule has 1 aliphatic heterocycles. The summed E-state index contributed by atoms with van der Waals surface area (Å²) in [6.45, 7) is 8.00. The molecule has 230 valence electrons. The lowest BCUT2D eigenvalue weighted by Gasteiger charge is -2.18. The standard InChI is InChI=1S/C33H41FN4O5/c1-33(2,3)20-24-17-25(34)16-23-18-26(35-30(23)24)21-38-15-9-10-22(31(38)41)19-28(39)27(36-32(42)43-4)11-5-6-12-29(40)37-13-7-8-14-37/h6,9-10,12,15-18,27,35H,5,7-8,11,13-14,19-21H2,1-4H3,(H,36,42)/b12-6+/t27-/m0/s1. The van der Waals surface area contributed by atoms with Crippen LogP contribution in [0.1, 0.15) is 63.3 Å². The summed E-state index contributed by atoms with van der Waals surface area (Å²) in [7, 11) is 1.21. The minimum absolute atomic E-state index is 0.0360. The number of ketones is 1. The van der Waals surface area contributed by atoms with Crippen LogP contribution in [0.3, 0.4) is 0 Å². The number of fused-ring (bicyclic) bond motifs is 1. The second-order valence-electron chi connectivity index (χ2n) is 12.4. The van der Waals surface area contributed by atoms with Gasteiger partial charge < -0.3 is 24.5 Å². The monoisotopic (exact) mass is 592 g/mol. The number of likely N-dealkylation sites (tertiary alicyclic amines) is 1. The van der Waals surface area contributed by atoms with Crippen molar-refractivity contribution in [3.63, 3.8) is 0 Å². The number of aromatic nitrogens is 2. The molecule has 1 fully saturated rings. The Hall–Kier alpha value is -4.21. The first kappa shape index (κ1) is 31.7. The molecular formula is C33H41FN4O5. The normalized spacial score (nSPS) is 14.4. The number of rotatable bonds is 11. The van der Waals surface area contributed by atoms with E-state index in [2.05, 4.69) is 31.1 Å². The van der Waals surface area contributed by atoms with Gasteiger partial charge in [0.2, 0.25) is 5.91 Å². The molecule has 3 heterocycles. The largest absolute Gasteiger partial charge is 0.453 e. The molecule has 0 spiro atoms. The summed E-state index contributed by atoms with van der Waals surface area (Å²) in [5.41, 5.74) is 2.38. The van der Waals surface area contributed by atoms with Crippen molar-refractivity contribution < 1.29 is 23.5 Å². The van der Waals surface area contributed by atoms with Crippen LogP contribution in [0.2, 0.25) is 0 Å². The number of halogens is 1. The summed E-state index contributed by atoms with van der Waals surface area (Å²) < 4.78 is 20.6. The van der Waals surface area contributed by atoms with E-state index >= 15 is 0 Å². The van der Waals surface area contributed by atoms with Crippen LogP contribution in [-0.2, 0) is 33.7 Å². The van der Waals surface area contributed by atoms with E-state index in [-0.39, 0.29) is 47.9 Å². The van der Waals surface area contributed by atoms with Crippen molar-refractivity contribution in [3.05, 3.63) is 81.7 Å². The fourth-order valence-electron chi connectivity index (χ4n) is 5.48. The Morgan fingerprint density at radius 3 is 2.58 bits per heavy atom. The lowest BCUT2D eigenvalue weighted by molar-refractivity contribution is -0.125. The van der Waals surface area contributed by atoms with Gasteiger partial charge >= 0.3 is 6.09 Å². The molecule has 1 saturated heterocycles. The van der Waals surface area contributed by atoms with Crippen LogP contribution in [0.15, 0.2) is 53.5 Å². The maximum Gasteiger partial charge on any atom is 0.407 e. The number of hydrogen-bond acceptors (Lipinski definition) is 5. The van der Waals surface area contributed by atoms with Gasteiger partial charge in [0.25, 0.3) is 5.56 Å². The number of nitrogens with zero attached hydrogens (tertiary/aromatic N) is 2. The first-order valence-electron chi connectivity index (χ1n) is 14.7. The number of allylic oxidation sites excluding steroid dienone is 1. The van der Waals surface area contributed by atoms with Gasteiger partial charge in [0.1, 0.15) is 5.82 Å². The molecule has 0 radical (unpaired) electrons. The van der Waals surface area contributed by atoms with Crippen molar-refractivity contribution in [1.82, 2.24) is 19.8 Å². The van der Waals surface area contributed by atoms with Crippen molar-refractivity contribution in [1.29, 1.82) is 0 Å². The summed E-state index contributed by atoms with van der Waals surface area (Å²) in [6.07, 6.45) is 7.24. The summed E-state index contributed by atoms with van der Waals surface area (Å²) in [5.74, 6) is -0.706. The number of methoxy groups -OCH3 is 1. The predicted octanol–water partition coefficient (Wildman–Crippen LogP) is 4.90. The van der Waals surface area contributed by atoms with E-state index < -0.39 is 12.1 Å². The van der Waals surface area contributed by atoms with Crippen molar-refractivity contribution in [3.8, 4) is 0 Å². The highest BCUT2D eigenvalue weighted by atomic mass is 19.1. The number of alkyl carbamates (subject to hydrolysis) is 1. The molecule has 0 bridgehead atoms. The van der Waals surface area contributed by atoms with Gasteiger partial charge in [0.15, 0.2) is 5.78 Å². The van der Waals surface area contributed by atoms with E-state index in [9.17, 15) is 23.6 Å². The number of H-pyrrole nitrogens is 1. The van der Waals surface area contributed by atoms with E-state index in [1.54, 1.807) is 35.4 Å². The lowest BCUT2D eigenvalue weighted by Crippen LogP contribution is -2.42. The van der Waals surface area contributed by atoms with Gasteiger partial charge in [-0.25, -0.2) is 9.18 Å². The number of carbonyl (C=O) groups excluding carboxylic acids is 3. The minimum Gasteiger partial charge on any atom is -0.453 e. The third kappa shape index (κ3) is 8.65. The highest BCUT2D eigenvalue weighted by Gasteiger charge is 2.23. The number of pyridine rings is 1. The molecule has 10 heteroatoms.